The van der Waals surface area contributed by atoms with Crippen LogP contribution in [0.15, 0.2) is 49.1 Å². The summed E-state index contributed by atoms with van der Waals surface area (Å²) in [5, 5.41) is 21.3. The number of hydrogen-bond acceptors (Lipinski definition) is 7. The number of nitrogens with zero attached hydrogens (tertiary/aromatic N) is 4. The third-order valence-corrected chi connectivity index (χ3v) is 7.41. The van der Waals surface area contributed by atoms with Gasteiger partial charge in [0.15, 0.2) is 0 Å². The first-order chi connectivity index (χ1) is 17.5. The van der Waals surface area contributed by atoms with E-state index in [9.17, 15) is 15.0 Å². The lowest BCUT2D eigenvalue weighted by molar-refractivity contribution is -0.137. The number of pyridine rings is 1. The van der Waals surface area contributed by atoms with Crippen LogP contribution in [0.1, 0.15) is 55.9 Å². The summed E-state index contributed by atoms with van der Waals surface area (Å²) in [6.45, 7) is 2.89. The smallest absolute Gasteiger partial charge is 0.303 e. The van der Waals surface area contributed by atoms with Crippen molar-refractivity contribution < 1.29 is 19.7 Å². The maximum atomic E-state index is 11.3. The van der Waals surface area contributed by atoms with Crippen molar-refractivity contribution in [3.63, 3.8) is 0 Å². The van der Waals surface area contributed by atoms with Crippen LogP contribution in [0.2, 0.25) is 0 Å². The molecule has 0 radical (unpaired) electrons. The maximum absolute atomic E-state index is 11.3. The summed E-state index contributed by atoms with van der Waals surface area (Å²) >= 11 is 0. The zero-order valence-corrected chi connectivity index (χ0v) is 20.9. The van der Waals surface area contributed by atoms with E-state index in [1.807, 2.05) is 30.3 Å². The second-order valence-corrected chi connectivity index (χ2v) is 9.72. The van der Waals surface area contributed by atoms with Crippen LogP contribution in [0.4, 0.5) is 0 Å². The number of methoxy groups -OCH3 is 1. The van der Waals surface area contributed by atoms with Gasteiger partial charge in [-0.15, -0.1) is 0 Å². The van der Waals surface area contributed by atoms with Gasteiger partial charge in [-0.25, -0.2) is 9.97 Å². The molecule has 1 aromatic carbocycles. The number of aryl methyl sites for hydroxylation is 1. The predicted molar refractivity (Wildman–Crippen MR) is 138 cm³/mol. The van der Waals surface area contributed by atoms with Crippen molar-refractivity contribution in [2.45, 2.75) is 51.0 Å². The fourth-order valence-corrected chi connectivity index (χ4v) is 5.42. The molecule has 0 bridgehead atoms. The van der Waals surface area contributed by atoms with Gasteiger partial charge in [-0.3, -0.25) is 9.78 Å². The van der Waals surface area contributed by atoms with E-state index in [4.69, 9.17) is 4.74 Å². The Kier molecular flexibility index (Phi) is 9.19. The molecule has 3 aromatic rings. The molecule has 1 fully saturated rings. The minimum Gasteiger partial charge on any atom is -0.497 e. The molecule has 0 saturated carbocycles. The van der Waals surface area contributed by atoms with Gasteiger partial charge < -0.3 is 19.8 Å². The van der Waals surface area contributed by atoms with Gasteiger partial charge in [-0.1, -0.05) is 0 Å². The van der Waals surface area contributed by atoms with E-state index in [2.05, 4.69) is 19.9 Å². The number of aromatic nitrogens is 3. The Hall–Kier alpha value is -3.10. The van der Waals surface area contributed by atoms with E-state index >= 15 is 0 Å². The van der Waals surface area contributed by atoms with Gasteiger partial charge in [0.2, 0.25) is 0 Å². The monoisotopic (exact) mass is 492 g/mol. The van der Waals surface area contributed by atoms with Crippen molar-refractivity contribution in [2.75, 3.05) is 26.7 Å². The summed E-state index contributed by atoms with van der Waals surface area (Å²) in [4.78, 5) is 26.5. The van der Waals surface area contributed by atoms with Crippen LogP contribution in [-0.2, 0) is 11.2 Å². The number of rotatable bonds is 12. The molecule has 36 heavy (non-hydrogen) atoms. The summed E-state index contributed by atoms with van der Waals surface area (Å²) in [5.41, 5.74) is 2.75. The molecular weight excluding hydrogens is 456 g/mol. The second-order valence-electron chi connectivity index (χ2n) is 9.72. The number of fused-ring (bicyclic) bond motifs is 1. The summed E-state index contributed by atoms with van der Waals surface area (Å²) in [7, 11) is 1.63. The average molecular weight is 493 g/mol. The number of piperidine rings is 1. The van der Waals surface area contributed by atoms with Crippen LogP contribution in [0.3, 0.4) is 0 Å². The first-order valence-corrected chi connectivity index (χ1v) is 12.8. The Morgan fingerprint density at radius 2 is 2.06 bits per heavy atom. The van der Waals surface area contributed by atoms with E-state index in [-0.39, 0.29) is 6.42 Å². The van der Waals surface area contributed by atoms with Crippen LogP contribution in [0.25, 0.3) is 10.9 Å². The number of aliphatic hydroxyl groups is 1. The zero-order chi connectivity index (χ0) is 25.3. The largest absolute Gasteiger partial charge is 0.497 e. The van der Waals surface area contributed by atoms with E-state index in [0.717, 1.165) is 73.2 Å². The molecule has 2 unspecified atom stereocenters. The quantitative estimate of drug-likeness (QED) is 0.386. The summed E-state index contributed by atoms with van der Waals surface area (Å²) in [6, 6.07) is 9.55. The Morgan fingerprint density at radius 3 is 2.83 bits per heavy atom. The van der Waals surface area contributed by atoms with Crippen molar-refractivity contribution in [3.8, 4) is 5.75 Å². The summed E-state index contributed by atoms with van der Waals surface area (Å²) in [6.07, 6.45) is 9.82. The highest BCUT2D eigenvalue weighted by Gasteiger charge is 2.30. The lowest BCUT2D eigenvalue weighted by atomic mass is 9.79. The first kappa shape index (κ1) is 26.0. The SMILES string of the molecule is COc1ccc2nccc([C@@H](O)CCC3CCN(CCCc4ccncn4)CC3CCC(=O)O)c2c1. The molecule has 1 aliphatic heterocycles. The normalized spacial score (nSPS) is 19.3. The first-order valence-electron chi connectivity index (χ1n) is 12.8. The Balaban J connectivity index is 1.35. The molecule has 3 heterocycles. The molecule has 0 spiro atoms. The molecule has 0 amide bonds. The van der Waals surface area contributed by atoms with Gasteiger partial charge >= 0.3 is 5.97 Å². The van der Waals surface area contributed by atoms with E-state index in [1.165, 1.54) is 0 Å². The van der Waals surface area contributed by atoms with E-state index in [0.29, 0.717) is 24.7 Å². The van der Waals surface area contributed by atoms with Gasteiger partial charge in [0, 0.05) is 36.4 Å². The van der Waals surface area contributed by atoms with Crippen LogP contribution in [0, 0.1) is 11.8 Å². The highest BCUT2D eigenvalue weighted by atomic mass is 16.5. The minimum atomic E-state index is -0.744. The molecule has 2 aromatic heterocycles. The van der Waals surface area contributed by atoms with Crippen molar-refractivity contribution in [2.24, 2.45) is 11.8 Å². The predicted octanol–water partition coefficient (Wildman–Crippen LogP) is 4.28. The third kappa shape index (κ3) is 6.98. The number of ether oxygens (including phenoxy) is 1. The van der Waals surface area contributed by atoms with Crippen molar-refractivity contribution >= 4 is 16.9 Å². The maximum Gasteiger partial charge on any atom is 0.303 e. The van der Waals surface area contributed by atoms with Crippen LogP contribution >= 0.6 is 0 Å². The Bertz CT molecular complexity index is 1130. The number of carbonyl (C=O) groups is 1. The lowest BCUT2D eigenvalue weighted by Gasteiger charge is -2.39. The molecule has 1 saturated heterocycles. The molecule has 4 rings (SSSR count). The van der Waals surface area contributed by atoms with E-state index in [1.54, 1.807) is 25.8 Å². The number of benzene rings is 1. The van der Waals surface area contributed by atoms with E-state index < -0.39 is 12.1 Å². The molecule has 0 aliphatic carbocycles. The third-order valence-electron chi connectivity index (χ3n) is 7.41. The van der Waals surface area contributed by atoms with Crippen molar-refractivity contribution in [1.29, 1.82) is 0 Å². The van der Waals surface area contributed by atoms with Gasteiger partial charge in [0.1, 0.15) is 12.1 Å². The standard InChI is InChI=1S/C28H36N4O4/c1-36-23-6-7-26-25(17-23)24(11-14-30-26)27(33)8-4-20-12-16-32(18-21(20)5-9-28(34)35)15-2-3-22-10-13-29-19-31-22/h6-7,10-11,13-14,17,19-21,27,33H,2-5,8-9,12,15-16,18H2,1H3,(H,34,35)/t20?,21?,27-/m0/s1. The second kappa shape index (κ2) is 12.7. The molecule has 192 valence electrons. The van der Waals surface area contributed by atoms with Gasteiger partial charge in [0.05, 0.1) is 18.7 Å². The van der Waals surface area contributed by atoms with Gasteiger partial charge in [-0.05, 0) is 99.3 Å². The summed E-state index contributed by atoms with van der Waals surface area (Å²) in [5.74, 6) is 0.715. The fraction of sp³-hybridized carbons (Fsp3) is 0.500. The van der Waals surface area contributed by atoms with Crippen LogP contribution in [-0.4, -0.2) is 62.8 Å². The molecular formula is C28H36N4O4. The minimum absolute atomic E-state index is 0.188. The molecule has 8 heteroatoms. The Labute approximate surface area is 212 Å². The van der Waals surface area contributed by atoms with Gasteiger partial charge in [-0.2, -0.15) is 0 Å². The van der Waals surface area contributed by atoms with Gasteiger partial charge in [0.25, 0.3) is 0 Å². The lowest BCUT2D eigenvalue weighted by Crippen LogP contribution is -2.41. The highest BCUT2D eigenvalue weighted by Crippen LogP contribution is 2.35. The number of likely N-dealkylation sites (tertiary alicyclic amines) is 1. The number of aliphatic hydroxyl groups excluding tert-OH is 1. The van der Waals surface area contributed by atoms with Crippen LogP contribution in [0.5, 0.6) is 5.75 Å². The number of aliphatic carboxylic acids is 1. The molecule has 3 atom stereocenters. The van der Waals surface area contributed by atoms with Crippen molar-refractivity contribution in [1.82, 2.24) is 19.9 Å². The fourth-order valence-electron chi connectivity index (χ4n) is 5.42. The molecule has 8 nitrogen and oxygen atoms in total. The number of hydrogen-bond donors (Lipinski definition) is 2. The summed E-state index contributed by atoms with van der Waals surface area (Å²) < 4.78 is 5.37. The highest BCUT2D eigenvalue weighted by molar-refractivity contribution is 5.83. The van der Waals surface area contributed by atoms with Crippen LogP contribution < -0.4 is 4.74 Å². The Morgan fingerprint density at radius 1 is 1.17 bits per heavy atom. The number of carboxylic acid groups (broad SMARTS) is 1. The topological polar surface area (TPSA) is 109 Å². The average Bonchev–Trinajstić information content (AvgIpc) is 2.91. The molecule has 2 N–H and O–H groups in total. The number of carboxylic acids is 1. The molecule has 1 aliphatic rings. The van der Waals surface area contributed by atoms with Crippen molar-refractivity contribution in [3.05, 3.63) is 60.3 Å². The zero-order valence-electron chi connectivity index (χ0n) is 20.9.